The van der Waals surface area contributed by atoms with E-state index >= 15 is 0 Å². The molecule has 304 valence electrons. The van der Waals surface area contributed by atoms with Gasteiger partial charge in [-0.25, -0.2) is 9.98 Å². The Morgan fingerprint density at radius 2 is 1.09 bits per heavy atom. The summed E-state index contributed by atoms with van der Waals surface area (Å²) in [4.78, 5) is 11.0. The maximum Gasteiger partial charge on any atom is 0.159 e. The van der Waals surface area contributed by atoms with E-state index in [1.807, 2.05) is 17.4 Å². The second-order valence-corrected chi connectivity index (χ2v) is 18.1. The Morgan fingerprint density at radius 1 is 0.446 bits per heavy atom. The summed E-state index contributed by atoms with van der Waals surface area (Å²) in [5.41, 5.74) is 10.1. The average Bonchev–Trinajstić information content (AvgIpc) is 4.03. The van der Waals surface area contributed by atoms with Gasteiger partial charge in [-0.15, -0.1) is 11.3 Å². The third-order valence-electron chi connectivity index (χ3n) is 13.2. The number of hydrogen-bond donors (Lipinski definition) is 1. The van der Waals surface area contributed by atoms with Crippen LogP contribution in [-0.4, -0.2) is 16.2 Å². The predicted octanol–water partition coefficient (Wildman–Crippen LogP) is 15.5. The van der Waals surface area contributed by atoms with Crippen molar-refractivity contribution in [2.75, 3.05) is 0 Å². The van der Waals surface area contributed by atoms with Crippen LogP contribution in [0.2, 0.25) is 0 Å². The van der Waals surface area contributed by atoms with Gasteiger partial charge in [-0.05, 0) is 92.8 Å². The molecular formula is C59H36N4OS. The van der Waals surface area contributed by atoms with Crippen LogP contribution in [0, 0.1) is 0 Å². The van der Waals surface area contributed by atoms with Gasteiger partial charge in [0.05, 0.1) is 16.7 Å². The molecule has 0 radical (unpaired) electrons. The van der Waals surface area contributed by atoms with Gasteiger partial charge in [-0.2, -0.15) is 0 Å². The summed E-state index contributed by atoms with van der Waals surface area (Å²) in [5.74, 6) is 1.41. The number of aliphatic imine (C=N–C) groups is 2. The number of benzene rings is 10. The van der Waals surface area contributed by atoms with Crippen molar-refractivity contribution in [3.8, 4) is 16.8 Å². The normalized spacial score (nSPS) is 14.3. The van der Waals surface area contributed by atoms with Crippen LogP contribution in [-0.2, 0) is 0 Å². The molecule has 0 saturated heterocycles. The molecule has 65 heavy (non-hydrogen) atoms. The summed E-state index contributed by atoms with van der Waals surface area (Å²) >= 11 is 1.81. The van der Waals surface area contributed by atoms with Gasteiger partial charge in [-0.1, -0.05) is 146 Å². The molecule has 0 aliphatic carbocycles. The summed E-state index contributed by atoms with van der Waals surface area (Å²) in [6.45, 7) is 0. The maximum atomic E-state index is 6.70. The molecule has 1 unspecified atom stereocenters. The van der Waals surface area contributed by atoms with Crippen LogP contribution in [0.15, 0.2) is 221 Å². The van der Waals surface area contributed by atoms with Crippen LogP contribution < -0.4 is 5.32 Å². The van der Waals surface area contributed by atoms with Crippen LogP contribution in [0.3, 0.4) is 0 Å². The number of nitrogens with one attached hydrogen (secondary N) is 1. The fraction of sp³-hybridized carbons (Fsp3) is 0.0169. The molecule has 10 aromatic carbocycles. The standard InChI is InChI=1S/C59H36N4OS/c1-2-13-35(14-3-1)36-19-12-20-41(27-36)57-60-58(42-25-26-45-44-22-9-11-24-55(44)65-56(45)32-42)62-59(61-57)49-33-48-43-21-8-10-23-53(43)64-54(48)34-52(49)63-50-30-39-17-6-4-15-37(39)28-46(50)47-29-38-16-5-7-18-40(38)31-51(47)63/h1-34,57H,(H,60,61,62). The van der Waals surface area contributed by atoms with Crippen LogP contribution in [0.25, 0.3) is 102 Å². The van der Waals surface area contributed by atoms with Gasteiger partial charge in [0.25, 0.3) is 0 Å². The molecule has 3 aromatic heterocycles. The van der Waals surface area contributed by atoms with Crippen LogP contribution in [0.1, 0.15) is 22.9 Å². The lowest BCUT2D eigenvalue weighted by Crippen LogP contribution is -2.34. The number of thiophene rings is 1. The minimum Gasteiger partial charge on any atom is -0.456 e. The molecule has 0 saturated carbocycles. The zero-order valence-corrected chi connectivity index (χ0v) is 35.7. The lowest BCUT2D eigenvalue weighted by atomic mass is 10.0. The second kappa shape index (κ2) is 14.1. The van der Waals surface area contributed by atoms with Gasteiger partial charge >= 0.3 is 0 Å². The highest BCUT2D eigenvalue weighted by atomic mass is 32.1. The van der Waals surface area contributed by atoms with Crippen molar-refractivity contribution in [1.29, 1.82) is 0 Å². The molecule has 14 rings (SSSR count). The molecule has 1 aliphatic heterocycles. The first-order valence-corrected chi connectivity index (χ1v) is 22.8. The zero-order valence-electron chi connectivity index (χ0n) is 34.9. The van der Waals surface area contributed by atoms with Gasteiger partial charge in [0, 0.05) is 58.9 Å². The molecule has 1 aliphatic rings. The lowest BCUT2D eigenvalue weighted by molar-refractivity contribution is 0.668. The number of aromatic nitrogens is 1. The van der Waals surface area contributed by atoms with E-state index in [4.69, 9.17) is 14.4 Å². The third kappa shape index (κ3) is 5.78. The maximum absolute atomic E-state index is 6.70. The van der Waals surface area contributed by atoms with Crippen molar-refractivity contribution < 1.29 is 4.42 Å². The van der Waals surface area contributed by atoms with E-state index in [2.05, 4.69) is 210 Å². The van der Waals surface area contributed by atoms with E-state index in [9.17, 15) is 0 Å². The highest BCUT2D eigenvalue weighted by Gasteiger charge is 2.27. The van der Waals surface area contributed by atoms with E-state index in [0.29, 0.717) is 5.84 Å². The van der Waals surface area contributed by atoms with Crippen molar-refractivity contribution in [2.45, 2.75) is 6.17 Å². The number of hydrogen-bond acceptors (Lipinski definition) is 5. The van der Waals surface area contributed by atoms with Crippen molar-refractivity contribution in [3.05, 3.63) is 223 Å². The van der Waals surface area contributed by atoms with Crippen LogP contribution in [0.4, 0.5) is 0 Å². The number of rotatable bonds is 5. The summed E-state index contributed by atoms with van der Waals surface area (Å²) in [6.07, 6.45) is -0.435. The van der Waals surface area contributed by atoms with Crippen molar-refractivity contribution >= 4 is 108 Å². The Hall–Kier alpha value is -8.32. The number of fused-ring (bicyclic) bond motifs is 11. The molecule has 6 heteroatoms. The summed E-state index contributed by atoms with van der Waals surface area (Å²) in [7, 11) is 0. The summed E-state index contributed by atoms with van der Waals surface area (Å²) < 4.78 is 11.6. The van der Waals surface area contributed by atoms with E-state index in [1.165, 1.54) is 52.5 Å². The van der Waals surface area contributed by atoms with E-state index in [0.717, 1.165) is 72.3 Å². The zero-order chi connectivity index (χ0) is 42.6. The molecule has 1 atom stereocenters. The molecule has 13 aromatic rings. The highest BCUT2D eigenvalue weighted by molar-refractivity contribution is 7.25. The average molecular weight is 849 g/mol. The number of nitrogens with zero attached hydrogens (tertiary/aromatic N) is 3. The molecule has 0 fully saturated rings. The Morgan fingerprint density at radius 3 is 1.86 bits per heavy atom. The fourth-order valence-electron chi connectivity index (χ4n) is 10.1. The Balaban J connectivity index is 1.05. The first-order valence-electron chi connectivity index (χ1n) is 22.0. The minimum atomic E-state index is -0.435. The quantitative estimate of drug-likeness (QED) is 0.188. The number of furan rings is 1. The number of para-hydroxylation sites is 1. The van der Waals surface area contributed by atoms with Crippen molar-refractivity contribution in [3.63, 3.8) is 0 Å². The molecule has 0 amide bonds. The van der Waals surface area contributed by atoms with Gasteiger partial charge in [0.15, 0.2) is 5.84 Å². The lowest BCUT2D eigenvalue weighted by Gasteiger charge is -2.25. The smallest absolute Gasteiger partial charge is 0.159 e. The van der Waals surface area contributed by atoms with Gasteiger partial charge in [0.1, 0.15) is 23.2 Å². The van der Waals surface area contributed by atoms with E-state index in [1.54, 1.807) is 0 Å². The molecule has 4 heterocycles. The minimum absolute atomic E-state index is 0.435. The molecular weight excluding hydrogens is 813 g/mol. The van der Waals surface area contributed by atoms with Gasteiger partial charge < -0.3 is 14.3 Å². The Bertz CT molecular complexity index is 4080. The van der Waals surface area contributed by atoms with Crippen LogP contribution in [0.5, 0.6) is 0 Å². The predicted molar refractivity (Wildman–Crippen MR) is 273 cm³/mol. The third-order valence-corrected chi connectivity index (χ3v) is 14.3. The first-order chi connectivity index (χ1) is 32.2. The van der Waals surface area contributed by atoms with Crippen molar-refractivity contribution in [2.24, 2.45) is 9.98 Å². The van der Waals surface area contributed by atoms with Crippen molar-refractivity contribution in [1.82, 2.24) is 9.88 Å². The fourth-order valence-corrected chi connectivity index (χ4v) is 11.2. The molecule has 5 nitrogen and oxygen atoms in total. The van der Waals surface area contributed by atoms with Gasteiger partial charge in [0.2, 0.25) is 0 Å². The van der Waals surface area contributed by atoms with E-state index < -0.39 is 6.17 Å². The molecule has 0 spiro atoms. The summed E-state index contributed by atoms with van der Waals surface area (Å²) in [6, 6.07) is 74.0. The Labute approximate surface area is 376 Å². The molecule has 1 N–H and O–H groups in total. The Kier molecular flexibility index (Phi) is 7.85. The number of amidine groups is 2. The summed E-state index contributed by atoms with van der Waals surface area (Å²) in [5, 5.41) is 15.6. The topological polar surface area (TPSA) is 54.8 Å². The highest BCUT2D eigenvalue weighted by Crippen LogP contribution is 2.41. The van der Waals surface area contributed by atoms with E-state index in [-0.39, 0.29) is 0 Å². The van der Waals surface area contributed by atoms with Gasteiger partial charge in [-0.3, -0.25) is 0 Å². The first kappa shape index (κ1) is 36.2. The SMILES string of the molecule is c1ccc(-c2cccc(C3N=C(c4ccc5c(c4)sc4ccccc45)N=C(c4cc5c(cc4-n4c6cc7ccccc7cc6c6cc7ccccc7cc64)oc4ccccc45)N3)c2)cc1. The second-order valence-electron chi connectivity index (χ2n) is 17.0. The largest absolute Gasteiger partial charge is 0.456 e. The monoisotopic (exact) mass is 848 g/mol. The van der Waals surface area contributed by atoms with Crippen LogP contribution >= 0.6 is 11.3 Å². The molecule has 0 bridgehead atoms.